The molecule has 1 aliphatic heterocycles. The molecule has 1 amide bonds. The van der Waals surface area contributed by atoms with Crippen LogP contribution in [0.4, 0.5) is 13.2 Å². The van der Waals surface area contributed by atoms with Gasteiger partial charge in [0, 0.05) is 13.2 Å². The molecule has 0 saturated carbocycles. The highest BCUT2D eigenvalue weighted by Gasteiger charge is 2.31. The van der Waals surface area contributed by atoms with E-state index in [1.807, 2.05) is 6.92 Å². The van der Waals surface area contributed by atoms with Crippen LogP contribution < -0.4 is 5.32 Å². The van der Waals surface area contributed by atoms with Crippen LogP contribution in [0.5, 0.6) is 0 Å². The number of nitrogens with one attached hydrogen (secondary N) is 1. The van der Waals surface area contributed by atoms with Crippen molar-refractivity contribution in [2.75, 3.05) is 13.2 Å². The fraction of sp³-hybridized carbons (Fsp3) is 0.714. The molecule has 1 fully saturated rings. The van der Waals surface area contributed by atoms with E-state index in [1.165, 1.54) is 6.20 Å². The molecule has 22 heavy (non-hydrogen) atoms. The van der Waals surface area contributed by atoms with Crippen LogP contribution in [0, 0.1) is 0 Å². The molecule has 1 saturated heterocycles. The van der Waals surface area contributed by atoms with E-state index in [-0.39, 0.29) is 11.7 Å². The number of hydrogen-bond acceptors (Lipinski definition) is 3. The van der Waals surface area contributed by atoms with Gasteiger partial charge in [-0.1, -0.05) is 13.3 Å². The number of rotatable bonds is 6. The topological polar surface area (TPSA) is 56.1 Å². The first-order chi connectivity index (χ1) is 10.4. The summed E-state index contributed by atoms with van der Waals surface area (Å²) in [6.45, 7) is 1.72. The molecule has 2 rings (SSSR count). The van der Waals surface area contributed by atoms with Crippen molar-refractivity contribution in [3.8, 4) is 0 Å². The van der Waals surface area contributed by atoms with E-state index < -0.39 is 18.6 Å². The van der Waals surface area contributed by atoms with Crippen LogP contribution in [0.3, 0.4) is 0 Å². The molecular weight excluding hydrogens is 299 g/mol. The van der Waals surface area contributed by atoms with Crippen LogP contribution in [0.1, 0.15) is 42.2 Å². The number of carbonyl (C=O) groups excluding carboxylic acids is 1. The van der Waals surface area contributed by atoms with Gasteiger partial charge >= 0.3 is 6.18 Å². The van der Waals surface area contributed by atoms with E-state index in [4.69, 9.17) is 4.74 Å². The Hall–Kier alpha value is -1.57. The second-order valence-electron chi connectivity index (χ2n) is 5.37. The van der Waals surface area contributed by atoms with Crippen molar-refractivity contribution < 1.29 is 22.7 Å². The van der Waals surface area contributed by atoms with Gasteiger partial charge in [0.2, 0.25) is 0 Å². The van der Waals surface area contributed by atoms with Gasteiger partial charge in [0.25, 0.3) is 5.91 Å². The monoisotopic (exact) mass is 319 g/mol. The normalized spacial score (nSPS) is 18.6. The van der Waals surface area contributed by atoms with Gasteiger partial charge in [0.05, 0.1) is 23.6 Å². The van der Waals surface area contributed by atoms with Crippen molar-refractivity contribution in [1.29, 1.82) is 0 Å². The molecule has 0 spiro atoms. The Morgan fingerprint density at radius 2 is 2.32 bits per heavy atom. The second kappa shape index (κ2) is 7.13. The number of carbonyl (C=O) groups is 1. The molecule has 1 aliphatic rings. The number of nitrogens with zero attached hydrogens (tertiary/aromatic N) is 2. The summed E-state index contributed by atoms with van der Waals surface area (Å²) in [5, 5.41) is 6.44. The minimum absolute atomic E-state index is 0.0104. The molecule has 1 atom stereocenters. The molecule has 0 bridgehead atoms. The Bertz CT molecular complexity index is 508. The van der Waals surface area contributed by atoms with Crippen LogP contribution in [0.15, 0.2) is 6.20 Å². The zero-order valence-corrected chi connectivity index (χ0v) is 12.4. The Morgan fingerprint density at radius 1 is 1.55 bits per heavy atom. The average molecular weight is 319 g/mol. The van der Waals surface area contributed by atoms with Crippen LogP contribution in [-0.4, -0.2) is 41.1 Å². The summed E-state index contributed by atoms with van der Waals surface area (Å²) < 4.78 is 43.9. The van der Waals surface area contributed by atoms with Gasteiger partial charge in [0.15, 0.2) is 0 Å². The predicted octanol–water partition coefficient (Wildman–Crippen LogP) is 2.31. The highest BCUT2D eigenvalue weighted by molar-refractivity contribution is 5.95. The van der Waals surface area contributed by atoms with Gasteiger partial charge in [-0.15, -0.1) is 0 Å². The van der Waals surface area contributed by atoms with E-state index in [0.29, 0.717) is 31.7 Å². The summed E-state index contributed by atoms with van der Waals surface area (Å²) in [4.78, 5) is 12.2. The lowest BCUT2D eigenvalue weighted by molar-refractivity contribution is -0.143. The van der Waals surface area contributed by atoms with Crippen LogP contribution in [-0.2, 0) is 17.7 Å². The lowest BCUT2D eigenvalue weighted by Gasteiger charge is -2.13. The molecule has 1 N–H and O–H groups in total. The van der Waals surface area contributed by atoms with Crippen molar-refractivity contribution in [3.05, 3.63) is 17.5 Å². The Kier molecular flexibility index (Phi) is 5.44. The molecule has 1 unspecified atom stereocenters. The molecule has 1 aromatic heterocycles. The fourth-order valence-corrected chi connectivity index (χ4v) is 2.51. The summed E-state index contributed by atoms with van der Waals surface area (Å²) in [5.41, 5.74) is 0.536. The SMILES string of the molecule is CCCc1c(C(=O)NCC2CCCO2)cnn1CC(F)(F)F. The van der Waals surface area contributed by atoms with Gasteiger partial charge < -0.3 is 10.1 Å². The maximum absolute atomic E-state index is 12.5. The highest BCUT2D eigenvalue weighted by Crippen LogP contribution is 2.20. The van der Waals surface area contributed by atoms with E-state index in [0.717, 1.165) is 17.5 Å². The Labute approximate surface area is 126 Å². The van der Waals surface area contributed by atoms with Crippen molar-refractivity contribution in [2.24, 2.45) is 0 Å². The summed E-state index contributed by atoms with van der Waals surface area (Å²) >= 11 is 0. The largest absolute Gasteiger partial charge is 0.408 e. The zero-order valence-electron chi connectivity index (χ0n) is 12.4. The van der Waals surface area contributed by atoms with E-state index in [2.05, 4.69) is 10.4 Å². The third-order valence-corrected chi connectivity index (χ3v) is 3.52. The van der Waals surface area contributed by atoms with Gasteiger partial charge in [-0.3, -0.25) is 9.48 Å². The minimum Gasteiger partial charge on any atom is -0.376 e. The molecule has 8 heteroatoms. The highest BCUT2D eigenvalue weighted by atomic mass is 19.4. The summed E-state index contributed by atoms with van der Waals surface area (Å²) in [6.07, 6.45) is -0.306. The Morgan fingerprint density at radius 3 is 2.91 bits per heavy atom. The molecule has 0 aliphatic carbocycles. The quantitative estimate of drug-likeness (QED) is 0.875. The molecule has 0 aromatic carbocycles. The first-order valence-corrected chi connectivity index (χ1v) is 7.42. The van der Waals surface area contributed by atoms with Crippen molar-refractivity contribution in [2.45, 2.75) is 51.4 Å². The molecular formula is C14H20F3N3O2. The van der Waals surface area contributed by atoms with Crippen molar-refractivity contribution in [3.63, 3.8) is 0 Å². The van der Waals surface area contributed by atoms with Gasteiger partial charge in [0.1, 0.15) is 6.54 Å². The maximum Gasteiger partial charge on any atom is 0.408 e. The minimum atomic E-state index is -4.36. The second-order valence-corrected chi connectivity index (χ2v) is 5.37. The third-order valence-electron chi connectivity index (χ3n) is 3.52. The average Bonchev–Trinajstić information content (AvgIpc) is 3.06. The summed E-state index contributed by atoms with van der Waals surface area (Å²) in [5.74, 6) is -0.396. The summed E-state index contributed by atoms with van der Waals surface area (Å²) in [6, 6.07) is 0. The molecule has 5 nitrogen and oxygen atoms in total. The van der Waals surface area contributed by atoms with Gasteiger partial charge in [-0.05, 0) is 19.3 Å². The number of amides is 1. The van der Waals surface area contributed by atoms with Gasteiger partial charge in [-0.25, -0.2) is 0 Å². The van der Waals surface area contributed by atoms with Crippen LogP contribution >= 0.6 is 0 Å². The number of hydrogen-bond donors (Lipinski definition) is 1. The molecule has 124 valence electrons. The lowest BCUT2D eigenvalue weighted by atomic mass is 10.1. The van der Waals surface area contributed by atoms with Crippen LogP contribution in [0.2, 0.25) is 0 Å². The smallest absolute Gasteiger partial charge is 0.376 e. The molecule has 2 heterocycles. The number of ether oxygens (including phenoxy) is 1. The van der Waals surface area contributed by atoms with E-state index in [1.54, 1.807) is 0 Å². The first-order valence-electron chi connectivity index (χ1n) is 7.42. The van der Waals surface area contributed by atoms with E-state index in [9.17, 15) is 18.0 Å². The predicted molar refractivity (Wildman–Crippen MR) is 73.6 cm³/mol. The van der Waals surface area contributed by atoms with Crippen molar-refractivity contribution >= 4 is 5.91 Å². The number of aromatic nitrogens is 2. The first kappa shape index (κ1) is 16.8. The third kappa shape index (κ3) is 4.46. The maximum atomic E-state index is 12.5. The number of halogens is 3. The zero-order chi connectivity index (χ0) is 16.2. The van der Waals surface area contributed by atoms with E-state index >= 15 is 0 Å². The van der Waals surface area contributed by atoms with Gasteiger partial charge in [-0.2, -0.15) is 18.3 Å². The van der Waals surface area contributed by atoms with Crippen LogP contribution in [0.25, 0.3) is 0 Å². The Balaban J connectivity index is 2.06. The fourth-order valence-electron chi connectivity index (χ4n) is 2.51. The molecule has 1 aromatic rings. The standard InChI is InChI=1S/C14H20F3N3O2/c1-2-4-12-11(8-19-20(12)9-14(15,16)17)13(21)18-7-10-5-3-6-22-10/h8,10H,2-7,9H2,1H3,(H,18,21). The lowest BCUT2D eigenvalue weighted by Crippen LogP contribution is -2.32. The number of alkyl halides is 3. The summed E-state index contributed by atoms with van der Waals surface area (Å²) in [7, 11) is 0. The van der Waals surface area contributed by atoms with Crippen molar-refractivity contribution in [1.82, 2.24) is 15.1 Å². The molecule has 0 radical (unpaired) electrons.